The van der Waals surface area contributed by atoms with Gasteiger partial charge in [-0.2, -0.15) is 0 Å². The molecule has 0 bridgehead atoms. The van der Waals surface area contributed by atoms with E-state index in [4.69, 9.17) is 8.92 Å². The van der Waals surface area contributed by atoms with Gasteiger partial charge in [0.1, 0.15) is 0 Å². The van der Waals surface area contributed by atoms with Gasteiger partial charge >= 0.3 is 0 Å². The second-order valence-electron chi connectivity index (χ2n) is 4.12. The monoisotopic (exact) mass is 253 g/mol. The van der Waals surface area contributed by atoms with Crippen LogP contribution in [0.1, 0.15) is 32.8 Å². The van der Waals surface area contributed by atoms with E-state index in [0.717, 1.165) is 12.0 Å². The van der Waals surface area contributed by atoms with E-state index in [1.54, 1.807) is 0 Å². The summed E-state index contributed by atoms with van der Waals surface area (Å²) in [6, 6.07) is 10.1. The van der Waals surface area contributed by atoms with Gasteiger partial charge in [0.05, 0.1) is 24.6 Å². The molecule has 0 heterocycles. The normalized spacial score (nSPS) is 12.9. The highest BCUT2D eigenvalue weighted by Gasteiger charge is 2.09. The summed E-state index contributed by atoms with van der Waals surface area (Å²) in [4.78, 5) is 0. The fourth-order valence-corrected chi connectivity index (χ4v) is 1.94. The molecule has 0 spiro atoms. The molecule has 2 nitrogen and oxygen atoms in total. The molecule has 17 heavy (non-hydrogen) atoms. The first-order valence-corrected chi connectivity index (χ1v) is 6.84. The molecule has 0 fully saturated rings. The van der Waals surface area contributed by atoms with Crippen LogP contribution in [0.2, 0.25) is 0 Å². The van der Waals surface area contributed by atoms with Gasteiger partial charge in [-0.1, -0.05) is 37.3 Å². The minimum atomic E-state index is 0.187. The molecule has 1 unspecified atom stereocenters. The number of hydrogen-bond donors (Lipinski definition) is 0. The highest BCUT2D eigenvalue weighted by molar-refractivity contribution is 7.96. The lowest BCUT2D eigenvalue weighted by atomic mass is 10.2. The number of ether oxygens (including phenoxy) is 1. The lowest BCUT2D eigenvalue weighted by Crippen LogP contribution is -2.21. The van der Waals surface area contributed by atoms with Crippen molar-refractivity contribution in [2.24, 2.45) is 0 Å². The van der Waals surface area contributed by atoms with Crippen LogP contribution in [0.15, 0.2) is 30.3 Å². The third-order valence-electron chi connectivity index (χ3n) is 2.23. The molecular weight excluding hydrogens is 232 g/mol. The van der Waals surface area contributed by atoms with Crippen molar-refractivity contribution in [1.82, 2.24) is 0 Å². The third-order valence-corrected chi connectivity index (χ3v) is 2.87. The molecule has 1 radical (unpaired) electrons. The van der Waals surface area contributed by atoms with E-state index in [0.29, 0.717) is 6.61 Å². The Kier molecular flexibility index (Phi) is 7.33. The quantitative estimate of drug-likeness (QED) is 0.514. The Hall–Kier alpha value is -0.510. The molecule has 0 aliphatic heterocycles. The first-order valence-electron chi connectivity index (χ1n) is 6.04. The smallest absolute Gasteiger partial charge is 0.0876 e. The van der Waals surface area contributed by atoms with Crippen molar-refractivity contribution >= 4 is 12.0 Å². The Morgan fingerprint density at radius 2 is 1.94 bits per heavy atom. The zero-order chi connectivity index (χ0) is 12.5. The van der Waals surface area contributed by atoms with Crippen LogP contribution in [0.4, 0.5) is 0 Å². The highest BCUT2D eigenvalue weighted by Crippen LogP contribution is 2.16. The van der Waals surface area contributed by atoms with Crippen LogP contribution < -0.4 is 0 Å². The van der Waals surface area contributed by atoms with Gasteiger partial charge in [0.15, 0.2) is 0 Å². The fraction of sp³-hybridized carbons (Fsp3) is 0.500. The van der Waals surface area contributed by atoms with E-state index in [1.165, 1.54) is 12.0 Å². The van der Waals surface area contributed by atoms with Crippen LogP contribution in [0.5, 0.6) is 0 Å². The Labute approximate surface area is 109 Å². The van der Waals surface area contributed by atoms with Gasteiger partial charge in [-0.3, -0.25) is 0 Å². The van der Waals surface area contributed by atoms with Crippen LogP contribution in [-0.2, 0) is 8.92 Å². The number of hydrogen-bond acceptors (Lipinski definition) is 3. The second kappa shape index (κ2) is 8.56. The van der Waals surface area contributed by atoms with Crippen molar-refractivity contribution in [2.75, 3.05) is 6.61 Å². The standard InChI is InChI=1S/C14H21O2S/c1-4-14(16-12(2)3)10-15-17-11-13-8-6-5-7-9-13/h5-9,11-12,14H,4,10H2,1-3H3. The maximum absolute atomic E-state index is 5.70. The van der Waals surface area contributed by atoms with E-state index >= 15 is 0 Å². The number of benzene rings is 1. The van der Waals surface area contributed by atoms with Crippen molar-refractivity contribution in [3.63, 3.8) is 0 Å². The van der Waals surface area contributed by atoms with Gasteiger partial charge in [-0.15, -0.1) is 0 Å². The van der Waals surface area contributed by atoms with Crippen LogP contribution in [-0.4, -0.2) is 18.8 Å². The van der Waals surface area contributed by atoms with E-state index in [1.807, 2.05) is 37.8 Å². The van der Waals surface area contributed by atoms with Gasteiger partial charge in [0.2, 0.25) is 0 Å². The minimum absolute atomic E-state index is 0.187. The first kappa shape index (κ1) is 14.6. The summed E-state index contributed by atoms with van der Waals surface area (Å²) in [5.74, 6) is 2.00. The van der Waals surface area contributed by atoms with Gasteiger partial charge in [-0.25, -0.2) is 0 Å². The van der Waals surface area contributed by atoms with Crippen LogP contribution in [0.3, 0.4) is 0 Å². The lowest BCUT2D eigenvalue weighted by molar-refractivity contribution is -0.0150. The molecule has 1 aromatic rings. The Balaban J connectivity index is 2.14. The summed E-state index contributed by atoms with van der Waals surface area (Å²) in [5, 5.41) is 0. The van der Waals surface area contributed by atoms with Crippen LogP contribution in [0.25, 0.3) is 0 Å². The largest absolute Gasteiger partial charge is 0.373 e. The molecule has 1 atom stereocenters. The topological polar surface area (TPSA) is 18.5 Å². The lowest BCUT2D eigenvalue weighted by Gasteiger charge is -2.18. The van der Waals surface area contributed by atoms with Crippen LogP contribution in [0, 0.1) is 5.75 Å². The Morgan fingerprint density at radius 1 is 1.24 bits per heavy atom. The van der Waals surface area contributed by atoms with Crippen LogP contribution >= 0.6 is 12.0 Å². The Bertz CT molecular complexity index is 288. The van der Waals surface area contributed by atoms with Gasteiger partial charge < -0.3 is 8.92 Å². The maximum Gasteiger partial charge on any atom is 0.0876 e. The fourth-order valence-electron chi connectivity index (χ4n) is 1.37. The van der Waals surface area contributed by atoms with E-state index in [2.05, 4.69) is 19.1 Å². The number of rotatable bonds is 8. The zero-order valence-corrected chi connectivity index (χ0v) is 11.6. The predicted molar refractivity (Wildman–Crippen MR) is 73.7 cm³/mol. The zero-order valence-electron chi connectivity index (χ0n) is 10.8. The molecular formula is C14H21O2S. The average Bonchev–Trinajstić information content (AvgIpc) is 2.34. The Morgan fingerprint density at radius 3 is 2.53 bits per heavy atom. The minimum Gasteiger partial charge on any atom is -0.373 e. The maximum atomic E-state index is 5.70. The van der Waals surface area contributed by atoms with Crippen molar-refractivity contribution in [2.45, 2.75) is 39.4 Å². The third kappa shape index (κ3) is 6.71. The molecule has 1 rings (SSSR count). The molecule has 0 saturated carbocycles. The van der Waals surface area contributed by atoms with E-state index in [-0.39, 0.29) is 12.2 Å². The van der Waals surface area contributed by atoms with Gasteiger partial charge in [0, 0.05) is 12.0 Å². The van der Waals surface area contributed by atoms with Crippen molar-refractivity contribution < 1.29 is 8.92 Å². The summed E-state index contributed by atoms with van der Waals surface area (Å²) < 4.78 is 11.2. The molecule has 95 valence electrons. The predicted octanol–water partition coefficient (Wildman–Crippen LogP) is 4.06. The molecule has 0 saturated heterocycles. The van der Waals surface area contributed by atoms with Crippen molar-refractivity contribution in [3.05, 3.63) is 41.6 Å². The molecule has 1 aromatic carbocycles. The van der Waals surface area contributed by atoms with E-state index in [9.17, 15) is 0 Å². The van der Waals surface area contributed by atoms with Crippen molar-refractivity contribution in [3.8, 4) is 0 Å². The second-order valence-corrected chi connectivity index (χ2v) is 4.79. The van der Waals surface area contributed by atoms with Gasteiger partial charge in [0.25, 0.3) is 0 Å². The average molecular weight is 253 g/mol. The molecule has 0 N–H and O–H groups in total. The SMILES string of the molecule is CCC(COS[CH]c1ccccc1)OC(C)C. The summed E-state index contributed by atoms with van der Waals surface area (Å²) in [6.07, 6.45) is 1.42. The van der Waals surface area contributed by atoms with Gasteiger partial charge in [-0.05, 0) is 25.8 Å². The molecule has 0 aliphatic rings. The van der Waals surface area contributed by atoms with Crippen molar-refractivity contribution in [1.29, 1.82) is 0 Å². The summed E-state index contributed by atoms with van der Waals surface area (Å²) in [5.41, 5.74) is 1.16. The summed E-state index contributed by atoms with van der Waals surface area (Å²) in [7, 11) is 0. The molecule has 0 aliphatic carbocycles. The highest BCUT2D eigenvalue weighted by atomic mass is 32.2. The first-order chi connectivity index (χ1) is 8.22. The molecule has 0 aromatic heterocycles. The van der Waals surface area contributed by atoms with E-state index < -0.39 is 0 Å². The summed E-state index contributed by atoms with van der Waals surface area (Å²) in [6.45, 7) is 6.84. The summed E-state index contributed by atoms with van der Waals surface area (Å²) >= 11 is 1.37. The molecule has 3 heteroatoms. The molecule has 0 amide bonds.